The molecule has 0 aliphatic rings. The zero-order valence-corrected chi connectivity index (χ0v) is 11.3. The Morgan fingerprint density at radius 1 is 1.53 bits per heavy atom. The summed E-state index contributed by atoms with van der Waals surface area (Å²) in [5.74, 6) is -1.00. The first-order valence-electron chi connectivity index (χ1n) is 6.05. The molecule has 0 fully saturated rings. The molecular formula is C12H20N4O3. The summed E-state index contributed by atoms with van der Waals surface area (Å²) in [5.41, 5.74) is 0.643. The van der Waals surface area contributed by atoms with Gasteiger partial charge in [-0.25, -0.2) is 14.8 Å². The molecule has 0 unspecified atom stereocenters. The number of nitrogens with zero attached hydrogens (tertiary/aromatic N) is 3. The van der Waals surface area contributed by atoms with Gasteiger partial charge >= 0.3 is 5.97 Å². The molecular weight excluding hydrogens is 248 g/mol. The van der Waals surface area contributed by atoms with Crippen LogP contribution in [0.1, 0.15) is 16.1 Å². The van der Waals surface area contributed by atoms with Crippen molar-refractivity contribution in [2.24, 2.45) is 0 Å². The van der Waals surface area contributed by atoms with Crippen LogP contribution >= 0.6 is 0 Å². The molecule has 1 aromatic rings. The molecule has 0 spiro atoms. The normalized spacial score (nSPS) is 10.9. The van der Waals surface area contributed by atoms with E-state index in [4.69, 9.17) is 9.84 Å². The van der Waals surface area contributed by atoms with E-state index < -0.39 is 5.97 Å². The molecule has 0 aliphatic heterocycles. The lowest BCUT2D eigenvalue weighted by Gasteiger charge is -2.16. The molecule has 0 bridgehead atoms. The fourth-order valence-corrected chi connectivity index (χ4v) is 1.51. The van der Waals surface area contributed by atoms with Crippen LogP contribution in [0.25, 0.3) is 0 Å². The number of rotatable bonds is 9. The molecule has 0 saturated heterocycles. The number of likely N-dealkylation sites (N-methyl/N-ethyl adjacent to an activating group) is 1. The van der Waals surface area contributed by atoms with Crippen molar-refractivity contribution in [2.45, 2.75) is 6.54 Å². The van der Waals surface area contributed by atoms with Crippen LogP contribution in [-0.4, -0.2) is 66.3 Å². The van der Waals surface area contributed by atoms with E-state index in [0.29, 0.717) is 18.8 Å². The number of hydrogen-bond donors (Lipinski definition) is 2. The minimum Gasteiger partial charge on any atom is -0.478 e. The number of hydrogen-bond acceptors (Lipinski definition) is 6. The molecule has 1 rings (SSSR count). The van der Waals surface area contributed by atoms with E-state index in [1.807, 2.05) is 7.05 Å². The molecule has 0 aliphatic carbocycles. The average molecular weight is 268 g/mol. The Hall–Kier alpha value is -1.57. The number of aromatic nitrogens is 2. The summed E-state index contributed by atoms with van der Waals surface area (Å²) < 4.78 is 4.99. The zero-order chi connectivity index (χ0) is 14.1. The number of ether oxygens (including phenoxy) is 1. The molecule has 106 valence electrons. The highest BCUT2D eigenvalue weighted by Crippen LogP contribution is 2.02. The lowest BCUT2D eigenvalue weighted by molar-refractivity contribution is 0.0694. The third kappa shape index (κ3) is 5.73. The van der Waals surface area contributed by atoms with Crippen LogP contribution in [-0.2, 0) is 11.3 Å². The second-order valence-electron chi connectivity index (χ2n) is 4.16. The van der Waals surface area contributed by atoms with Crippen molar-refractivity contribution in [3.63, 3.8) is 0 Å². The quantitative estimate of drug-likeness (QED) is 0.602. The molecule has 0 radical (unpaired) electrons. The van der Waals surface area contributed by atoms with Crippen molar-refractivity contribution in [1.82, 2.24) is 20.2 Å². The Morgan fingerprint density at radius 2 is 2.32 bits per heavy atom. The number of nitrogens with one attached hydrogen (secondary N) is 1. The summed E-state index contributed by atoms with van der Waals surface area (Å²) in [7, 11) is 3.68. The Balaban J connectivity index is 2.31. The number of carboxylic acid groups (broad SMARTS) is 1. The molecule has 19 heavy (non-hydrogen) atoms. The van der Waals surface area contributed by atoms with E-state index in [-0.39, 0.29) is 5.56 Å². The summed E-state index contributed by atoms with van der Waals surface area (Å²) >= 11 is 0. The largest absolute Gasteiger partial charge is 0.478 e. The van der Waals surface area contributed by atoms with Gasteiger partial charge in [0.1, 0.15) is 11.9 Å². The van der Waals surface area contributed by atoms with Crippen molar-refractivity contribution in [2.75, 3.05) is 40.4 Å². The van der Waals surface area contributed by atoms with Crippen LogP contribution in [0.15, 0.2) is 12.5 Å². The van der Waals surface area contributed by atoms with Crippen molar-refractivity contribution in [3.8, 4) is 0 Å². The van der Waals surface area contributed by atoms with Crippen LogP contribution in [0.2, 0.25) is 0 Å². The Kier molecular flexibility index (Phi) is 6.94. The monoisotopic (exact) mass is 268 g/mol. The van der Waals surface area contributed by atoms with Crippen LogP contribution in [0.3, 0.4) is 0 Å². The van der Waals surface area contributed by atoms with Crippen LogP contribution in [0, 0.1) is 0 Å². The topological polar surface area (TPSA) is 87.6 Å². The van der Waals surface area contributed by atoms with Crippen LogP contribution in [0.4, 0.5) is 0 Å². The molecule has 0 atom stereocenters. The summed E-state index contributed by atoms with van der Waals surface area (Å²) in [6.45, 7) is 3.60. The maximum atomic E-state index is 11.0. The van der Waals surface area contributed by atoms with Crippen LogP contribution in [0.5, 0.6) is 0 Å². The van der Waals surface area contributed by atoms with Crippen molar-refractivity contribution in [3.05, 3.63) is 23.8 Å². The first-order valence-corrected chi connectivity index (χ1v) is 6.05. The highest BCUT2D eigenvalue weighted by atomic mass is 16.5. The van der Waals surface area contributed by atoms with Gasteiger partial charge in [-0.15, -0.1) is 0 Å². The summed E-state index contributed by atoms with van der Waals surface area (Å²) in [4.78, 5) is 20.8. The molecule has 7 nitrogen and oxygen atoms in total. The number of carboxylic acids is 1. The van der Waals surface area contributed by atoms with Gasteiger partial charge in [-0.2, -0.15) is 0 Å². The Labute approximate surface area is 112 Å². The Bertz CT molecular complexity index is 400. The lowest BCUT2D eigenvalue weighted by Crippen LogP contribution is -2.31. The summed E-state index contributed by atoms with van der Waals surface area (Å²) in [5, 5.41) is 12.1. The third-order valence-corrected chi connectivity index (χ3v) is 2.67. The van der Waals surface area contributed by atoms with Gasteiger partial charge in [0.25, 0.3) is 0 Å². The van der Waals surface area contributed by atoms with E-state index in [0.717, 1.165) is 19.6 Å². The van der Waals surface area contributed by atoms with E-state index in [1.165, 1.54) is 12.5 Å². The predicted molar refractivity (Wildman–Crippen MR) is 70.1 cm³/mol. The predicted octanol–water partition coefficient (Wildman–Crippen LogP) is -0.157. The average Bonchev–Trinajstić information content (AvgIpc) is 2.41. The van der Waals surface area contributed by atoms with E-state index in [1.54, 1.807) is 7.11 Å². The molecule has 0 saturated carbocycles. The molecule has 0 amide bonds. The van der Waals surface area contributed by atoms with Gasteiger partial charge in [0.2, 0.25) is 0 Å². The van der Waals surface area contributed by atoms with Crippen molar-refractivity contribution >= 4 is 5.97 Å². The Morgan fingerprint density at radius 3 is 3.00 bits per heavy atom. The van der Waals surface area contributed by atoms with Gasteiger partial charge in [-0.1, -0.05) is 0 Å². The van der Waals surface area contributed by atoms with Gasteiger partial charge in [0, 0.05) is 39.5 Å². The van der Waals surface area contributed by atoms with Crippen molar-refractivity contribution in [1.29, 1.82) is 0 Å². The van der Waals surface area contributed by atoms with E-state index in [9.17, 15) is 4.79 Å². The lowest BCUT2D eigenvalue weighted by atomic mass is 10.2. The number of aromatic carboxylic acids is 1. The third-order valence-electron chi connectivity index (χ3n) is 2.67. The second-order valence-corrected chi connectivity index (χ2v) is 4.16. The van der Waals surface area contributed by atoms with Gasteiger partial charge in [-0.05, 0) is 7.05 Å². The first-order chi connectivity index (χ1) is 9.15. The SMILES string of the molecule is COCCN(C)CCNCc1ncncc1C(=O)O. The highest BCUT2D eigenvalue weighted by Gasteiger charge is 2.10. The maximum Gasteiger partial charge on any atom is 0.339 e. The van der Waals surface area contributed by atoms with E-state index >= 15 is 0 Å². The fraction of sp³-hybridized carbons (Fsp3) is 0.583. The zero-order valence-electron chi connectivity index (χ0n) is 11.3. The van der Waals surface area contributed by atoms with Gasteiger partial charge in [-0.3, -0.25) is 0 Å². The molecule has 2 N–H and O–H groups in total. The summed E-state index contributed by atoms with van der Waals surface area (Å²) in [6.07, 6.45) is 2.67. The molecule has 7 heteroatoms. The smallest absolute Gasteiger partial charge is 0.339 e. The number of methoxy groups -OCH3 is 1. The molecule has 0 aromatic carbocycles. The van der Waals surface area contributed by atoms with Gasteiger partial charge in [0.05, 0.1) is 12.3 Å². The second kappa shape index (κ2) is 8.52. The van der Waals surface area contributed by atoms with Crippen molar-refractivity contribution < 1.29 is 14.6 Å². The minimum absolute atomic E-state index is 0.141. The maximum absolute atomic E-state index is 11.0. The van der Waals surface area contributed by atoms with Gasteiger partial charge < -0.3 is 20.1 Å². The fourth-order valence-electron chi connectivity index (χ4n) is 1.51. The standard InChI is InChI=1S/C12H20N4O3/c1-16(5-6-19-2)4-3-13-8-11-10(12(17)18)7-14-9-15-11/h7,9,13H,3-6,8H2,1-2H3,(H,17,18). The first kappa shape index (κ1) is 15.5. The number of carbonyl (C=O) groups is 1. The molecule has 1 aromatic heterocycles. The van der Waals surface area contributed by atoms with E-state index in [2.05, 4.69) is 20.2 Å². The van der Waals surface area contributed by atoms with Gasteiger partial charge in [0.15, 0.2) is 0 Å². The minimum atomic E-state index is -1.00. The summed E-state index contributed by atoms with van der Waals surface area (Å²) in [6, 6.07) is 0. The highest BCUT2D eigenvalue weighted by molar-refractivity contribution is 5.88. The molecule has 1 heterocycles. The van der Waals surface area contributed by atoms with Crippen LogP contribution < -0.4 is 5.32 Å².